The minimum atomic E-state index is -0.250. The average Bonchev–Trinajstić information content (AvgIpc) is 3.35. The Kier molecular flexibility index (Phi) is 3.80. The molecule has 2 aromatic carbocycles. The Bertz CT molecular complexity index is 1060. The standard InChI is InChI=1S/C24H23N3O/c1-16-13-19(12-11-17(16)14-25)27-24(2,18-7-3-4-8-18)21-15-28-22-10-6-5-9-20(22)23(21)26-27/h5-7,9-13,21H,3-4,8,15H2,1-2H3. The zero-order valence-corrected chi connectivity index (χ0v) is 16.3. The number of para-hydroxylation sites is 1. The molecule has 0 radical (unpaired) electrons. The van der Waals surface area contributed by atoms with E-state index in [0.29, 0.717) is 12.2 Å². The molecular formula is C24H23N3O. The summed E-state index contributed by atoms with van der Waals surface area (Å²) in [7, 11) is 0. The van der Waals surface area contributed by atoms with Gasteiger partial charge in [-0.2, -0.15) is 10.4 Å². The van der Waals surface area contributed by atoms with E-state index >= 15 is 0 Å². The van der Waals surface area contributed by atoms with Gasteiger partial charge in [-0.25, -0.2) is 0 Å². The molecule has 0 saturated carbocycles. The van der Waals surface area contributed by atoms with Crippen LogP contribution in [0.2, 0.25) is 0 Å². The molecule has 2 unspecified atom stereocenters. The highest BCUT2D eigenvalue weighted by atomic mass is 16.5. The van der Waals surface area contributed by atoms with Crippen LogP contribution in [0.1, 0.15) is 42.9 Å². The molecule has 5 rings (SSSR count). The van der Waals surface area contributed by atoms with Gasteiger partial charge in [-0.3, -0.25) is 5.01 Å². The molecule has 140 valence electrons. The molecule has 0 N–H and O–H groups in total. The molecule has 1 aliphatic carbocycles. The van der Waals surface area contributed by atoms with Crippen LogP contribution in [0.25, 0.3) is 0 Å². The highest BCUT2D eigenvalue weighted by Gasteiger charge is 2.53. The van der Waals surface area contributed by atoms with E-state index in [1.807, 2.05) is 37.3 Å². The van der Waals surface area contributed by atoms with Crippen LogP contribution in [0, 0.1) is 24.2 Å². The van der Waals surface area contributed by atoms with Crippen molar-refractivity contribution in [3.8, 4) is 11.8 Å². The summed E-state index contributed by atoms with van der Waals surface area (Å²) in [6.07, 6.45) is 5.82. The number of hydrogen-bond acceptors (Lipinski definition) is 4. The van der Waals surface area contributed by atoms with Crippen LogP contribution in [0.4, 0.5) is 5.69 Å². The highest BCUT2D eigenvalue weighted by molar-refractivity contribution is 6.08. The minimum Gasteiger partial charge on any atom is -0.492 e. The van der Waals surface area contributed by atoms with E-state index in [4.69, 9.17) is 9.84 Å². The van der Waals surface area contributed by atoms with E-state index in [2.05, 4.69) is 36.2 Å². The lowest BCUT2D eigenvalue weighted by Crippen LogP contribution is -2.51. The molecular weight excluding hydrogens is 346 g/mol. The highest BCUT2D eigenvalue weighted by Crippen LogP contribution is 2.49. The summed E-state index contributed by atoms with van der Waals surface area (Å²) in [5.41, 5.74) is 6.13. The molecule has 0 saturated heterocycles. The number of fused-ring (bicyclic) bond motifs is 3. The molecule has 2 atom stereocenters. The zero-order chi connectivity index (χ0) is 19.3. The summed E-state index contributed by atoms with van der Waals surface area (Å²) in [5.74, 6) is 1.10. The maximum atomic E-state index is 9.31. The minimum absolute atomic E-state index is 0.183. The van der Waals surface area contributed by atoms with Gasteiger partial charge in [0.15, 0.2) is 0 Å². The number of rotatable bonds is 2. The van der Waals surface area contributed by atoms with Crippen molar-refractivity contribution in [3.05, 3.63) is 70.8 Å². The van der Waals surface area contributed by atoms with Gasteiger partial charge in [0, 0.05) is 5.56 Å². The molecule has 3 aliphatic rings. The molecule has 28 heavy (non-hydrogen) atoms. The number of allylic oxidation sites excluding steroid dienone is 1. The van der Waals surface area contributed by atoms with Crippen molar-refractivity contribution in [2.24, 2.45) is 11.0 Å². The Hall–Kier alpha value is -3.06. The molecule has 0 amide bonds. The predicted octanol–water partition coefficient (Wildman–Crippen LogP) is 4.97. The van der Waals surface area contributed by atoms with Gasteiger partial charge in [0.25, 0.3) is 0 Å². The Morgan fingerprint density at radius 2 is 2.11 bits per heavy atom. The van der Waals surface area contributed by atoms with Crippen LogP contribution < -0.4 is 9.75 Å². The molecule has 0 fully saturated rings. The normalized spacial score (nSPS) is 25.3. The maximum absolute atomic E-state index is 9.31. The first-order valence-corrected chi connectivity index (χ1v) is 9.94. The Morgan fingerprint density at radius 1 is 1.25 bits per heavy atom. The molecule has 0 bridgehead atoms. The van der Waals surface area contributed by atoms with Crippen LogP contribution in [-0.2, 0) is 0 Å². The van der Waals surface area contributed by atoms with Crippen molar-refractivity contribution in [1.82, 2.24) is 0 Å². The topological polar surface area (TPSA) is 48.6 Å². The van der Waals surface area contributed by atoms with Gasteiger partial charge in [-0.1, -0.05) is 18.2 Å². The number of nitriles is 1. The van der Waals surface area contributed by atoms with Crippen molar-refractivity contribution in [2.45, 2.75) is 38.6 Å². The zero-order valence-electron chi connectivity index (χ0n) is 16.3. The Balaban J connectivity index is 1.68. The van der Waals surface area contributed by atoms with Crippen LogP contribution in [-0.4, -0.2) is 17.9 Å². The largest absolute Gasteiger partial charge is 0.492 e. The van der Waals surface area contributed by atoms with Crippen molar-refractivity contribution < 1.29 is 4.74 Å². The Labute approximate surface area is 165 Å². The van der Waals surface area contributed by atoms with Crippen molar-refractivity contribution >= 4 is 11.4 Å². The van der Waals surface area contributed by atoms with Gasteiger partial charge in [-0.05, 0) is 74.6 Å². The fourth-order valence-electron chi connectivity index (χ4n) is 4.88. The number of anilines is 1. The summed E-state index contributed by atoms with van der Waals surface area (Å²) in [6.45, 7) is 4.93. The van der Waals surface area contributed by atoms with Gasteiger partial charge in [0.2, 0.25) is 0 Å². The van der Waals surface area contributed by atoms with Crippen LogP contribution >= 0.6 is 0 Å². The fourth-order valence-corrected chi connectivity index (χ4v) is 4.88. The van der Waals surface area contributed by atoms with Gasteiger partial charge in [-0.15, -0.1) is 0 Å². The summed E-state index contributed by atoms with van der Waals surface area (Å²) in [6, 6.07) is 16.5. The summed E-state index contributed by atoms with van der Waals surface area (Å²) in [4.78, 5) is 0. The van der Waals surface area contributed by atoms with Gasteiger partial charge in [0.05, 0.1) is 41.1 Å². The molecule has 2 heterocycles. The van der Waals surface area contributed by atoms with Crippen LogP contribution in [0.3, 0.4) is 0 Å². The van der Waals surface area contributed by atoms with Gasteiger partial charge in [0.1, 0.15) is 5.75 Å². The van der Waals surface area contributed by atoms with Crippen LogP contribution in [0.15, 0.2) is 59.2 Å². The predicted molar refractivity (Wildman–Crippen MR) is 111 cm³/mol. The first kappa shape index (κ1) is 17.1. The Morgan fingerprint density at radius 3 is 2.86 bits per heavy atom. The van der Waals surface area contributed by atoms with Gasteiger partial charge >= 0.3 is 0 Å². The van der Waals surface area contributed by atoms with E-state index in [1.54, 1.807) is 0 Å². The average molecular weight is 369 g/mol. The molecule has 2 aromatic rings. The van der Waals surface area contributed by atoms with Crippen molar-refractivity contribution in [2.75, 3.05) is 11.6 Å². The maximum Gasteiger partial charge on any atom is 0.128 e. The third-order valence-corrected chi connectivity index (χ3v) is 6.49. The SMILES string of the molecule is Cc1cc(N2N=C3c4ccccc4OCC3C2(C)C2=CCCC2)ccc1C#N. The lowest BCUT2D eigenvalue weighted by atomic mass is 9.74. The quantitative estimate of drug-likeness (QED) is 0.702. The molecule has 4 heteroatoms. The van der Waals surface area contributed by atoms with Gasteiger partial charge < -0.3 is 4.74 Å². The number of nitrogens with zero attached hydrogens (tertiary/aromatic N) is 3. The van der Waals surface area contributed by atoms with E-state index in [9.17, 15) is 5.26 Å². The van der Waals surface area contributed by atoms with E-state index in [0.717, 1.165) is 41.1 Å². The van der Waals surface area contributed by atoms with Crippen molar-refractivity contribution in [1.29, 1.82) is 5.26 Å². The second kappa shape index (κ2) is 6.24. The second-order valence-electron chi connectivity index (χ2n) is 8.04. The lowest BCUT2D eigenvalue weighted by Gasteiger charge is -2.41. The summed E-state index contributed by atoms with van der Waals surface area (Å²) < 4.78 is 6.16. The summed E-state index contributed by atoms with van der Waals surface area (Å²) >= 11 is 0. The second-order valence-corrected chi connectivity index (χ2v) is 8.04. The van der Waals surface area contributed by atoms with E-state index in [1.165, 1.54) is 12.0 Å². The first-order chi connectivity index (χ1) is 13.6. The molecule has 4 nitrogen and oxygen atoms in total. The first-order valence-electron chi connectivity index (χ1n) is 9.94. The van der Waals surface area contributed by atoms with E-state index < -0.39 is 0 Å². The third-order valence-electron chi connectivity index (χ3n) is 6.49. The monoisotopic (exact) mass is 369 g/mol. The molecule has 0 spiro atoms. The number of benzene rings is 2. The molecule has 0 aromatic heterocycles. The smallest absolute Gasteiger partial charge is 0.128 e. The number of hydrazone groups is 1. The van der Waals surface area contributed by atoms with E-state index in [-0.39, 0.29) is 11.5 Å². The fraction of sp³-hybridized carbons (Fsp3) is 0.333. The number of hydrogen-bond donors (Lipinski definition) is 0. The van der Waals surface area contributed by atoms with Crippen LogP contribution in [0.5, 0.6) is 5.75 Å². The number of ether oxygens (including phenoxy) is 1. The summed E-state index contributed by atoms with van der Waals surface area (Å²) in [5, 5.41) is 16.7. The molecule has 2 aliphatic heterocycles. The third kappa shape index (κ3) is 2.32. The number of aryl methyl sites for hydroxylation is 1. The van der Waals surface area contributed by atoms with Crippen molar-refractivity contribution in [3.63, 3.8) is 0 Å². The lowest BCUT2D eigenvalue weighted by molar-refractivity contribution is 0.235.